The number of nitrogens with one attached hydrogen (secondary N) is 1. The highest BCUT2D eigenvalue weighted by Crippen LogP contribution is 2.37. The van der Waals surface area contributed by atoms with E-state index in [1.54, 1.807) is 6.08 Å². The van der Waals surface area contributed by atoms with Gasteiger partial charge in [0.1, 0.15) is 18.9 Å². The van der Waals surface area contributed by atoms with Gasteiger partial charge in [0.05, 0.1) is 29.5 Å². The molecule has 2 aliphatic rings. The van der Waals surface area contributed by atoms with Gasteiger partial charge in [0, 0.05) is 18.7 Å². The van der Waals surface area contributed by atoms with Crippen molar-refractivity contribution in [3.05, 3.63) is 107 Å². The number of rotatable bonds is 8. The number of hydrogen-bond donors (Lipinski definition) is 1. The molecule has 0 spiro atoms. The van der Waals surface area contributed by atoms with Crippen molar-refractivity contribution in [3.63, 3.8) is 0 Å². The summed E-state index contributed by atoms with van der Waals surface area (Å²) in [4.78, 5) is 42.8. The van der Waals surface area contributed by atoms with Crippen LogP contribution in [0, 0.1) is 0 Å². The molecule has 4 aromatic carbocycles. The Bertz CT molecular complexity index is 1670. The first-order valence-electron chi connectivity index (χ1n) is 13.7. The minimum absolute atomic E-state index is 0.238. The summed E-state index contributed by atoms with van der Waals surface area (Å²) in [5, 5.41) is 4.27. The standard InChI is InChI=1S/C33H29N3O5S/c37-31(34-27-12-6-7-13-28(27)35-16-18-40-19-17-35)21-36-32(38)30(42-33(36)39)20-26-25-11-5-4-10-24(25)14-15-29(26)41-22-23-8-2-1-3-9-23/h1-15,20H,16-19,21-22H2,(H,34,37)/b30-20+. The molecule has 8 nitrogen and oxygen atoms in total. The average molecular weight is 580 g/mol. The molecule has 2 saturated heterocycles. The third kappa shape index (κ3) is 6.02. The van der Waals surface area contributed by atoms with Crippen molar-refractivity contribution >= 4 is 57.0 Å². The quantitative estimate of drug-likeness (QED) is 0.259. The van der Waals surface area contributed by atoms with Gasteiger partial charge in [0.2, 0.25) is 5.91 Å². The van der Waals surface area contributed by atoms with Gasteiger partial charge in [-0.1, -0.05) is 72.8 Å². The normalized spacial score (nSPS) is 16.3. The Hall–Kier alpha value is -4.60. The average Bonchev–Trinajstić information content (AvgIpc) is 3.29. The van der Waals surface area contributed by atoms with Crippen molar-refractivity contribution < 1.29 is 23.9 Å². The lowest BCUT2D eigenvalue weighted by atomic mass is 10.0. The number of anilines is 2. The van der Waals surface area contributed by atoms with Gasteiger partial charge in [-0.3, -0.25) is 19.3 Å². The number of amides is 3. The Morgan fingerprint density at radius 3 is 2.48 bits per heavy atom. The van der Waals surface area contributed by atoms with E-state index in [4.69, 9.17) is 9.47 Å². The molecule has 0 aromatic heterocycles. The SMILES string of the molecule is O=C(CN1C(=O)S/C(=C/c2c(OCc3ccccc3)ccc3ccccc23)C1=O)Nc1ccccc1N1CCOCC1. The topological polar surface area (TPSA) is 88.2 Å². The van der Waals surface area contributed by atoms with Crippen LogP contribution in [-0.2, 0) is 20.9 Å². The number of carbonyl (C=O) groups is 3. The molecule has 2 heterocycles. The number of imide groups is 1. The molecule has 0 saturated carbocycles. The Morgan fingerprint density at radius 1 is 0.905 bits per heavy atom. The molecule has 42 heavy (non-hydrogen) atoms. The summed E-state index contributed by atoms with van der Waals surface area (Å²) in [6, 6.07) is 29.0. The molecule has 1 N–H and O–H groups in total. The smallest absolute Gasteiger partial charge is 0.294 e. The van der Waals surface area contributed by atoms with Crippen molar-refractivity contribution in [2.75, 3.05) is 43.1 Å². The van der Waals surface area contributed by atoms with Crippen LogP contribution in [0.15, 0.2) is 95.9 Å². The summed E-state index contributed by atoms with van der Waals surface area (Å²) in [7, 11) is 0. The predicted octanol–water partition coefficient (Wildman–Crippen LogP) is 5.93. The van der Waals surface area contributed by atoms with Crippen LogP contribution in [0.2, 0.25) is 0 Å². The fraction of sp³-hybridized carbons (Fsp3) is 0.182. The van der Waals surface area contributed by atoms with Crippen LogP contribution in [0.4, 0.5) is 16.2 Å². The second-order valence-corrected chi connectivity index (χ2v) is 10.9. The number of hydrogen-bond acceptors (Lipinski definition) is 7. The van der Waals surface area contributed by atoms with E-state index in [0.717, 1.165) is 38.7 Å². The number of para-hydroxylation sites is 2. The zero-order valence-electron chi connectivity index (χ0n) is 22.8. The van der Waals surface area contributed by atoms with Crippen molar-refractivity contribution in [1.82, 2.24) is 4.90 Å². The van der Waals surface area contributed by atoms with Gasteiger partial charge in [-0.05, 0) is 52.4 Å². The Kier molecular flexibility index (Phi) is 8.21. The van der Waals surface area contributed by atoms with Crippen LogP contribution >= 0.6 is 11.8 Å². The lowest BCUT2D eigenvalue weighted by Crippen LogP contribution is -2.38. The molecule has 0 atom stereocenters. The van der Waals surface area contributed by atoms with Crippen LogP contribution in [0.1, 0.15) is 11.1 Å². The number of thioether (sulfide) groups is 1. The van der Waals surface area contributed by atoms with Gasteiger partial charge in [0.15, 0.2) is 0 Å². The maximum absolute atomic E-state index is 13.4. The molecule has 0 aliphatic carbocycles. The molecule has 0 radical (unpaired) electrons. The molecule has 2 fully saturated rings. The van der Waals surface area contributed by atoms with Gasteiger partial charge in [-0.25, -0.2) is 0 Å². The second-order valence-electron chi connectivity index (χ2n) is 9.91. The van der Waals surface area contributed by atoms with E-state index in [-0.39, 0.29) is 11.4 Å². The van der Waals surface area contributed by atoms with E-state index in [1.165, 1.54) is 0 Å². The molecule has 4 aromatic rings. The summed E-state index contributed by atoms with van der Waals surface area (Å²) in [6.07, 6.45) is 1.69. The largest absolute Gasteiger partial charge is 0.488 e. The predicted molar refractivity (Wildman–Crippen MR) is 166 cm³/mol. The fourth-order valence-electron chi connectivity index (χ4n) is 5.05. The molecule has 0 bridgehead atoms. The maximum atomic E-state index is 13.4. The molecular formula is C33H29N3O5S. The summed E-state index contributed by atoms with van der Waals surface area (Å²) >= 11 is 0.823. The highest BCUT2D eigenvalue weighted by molar-refractivity contribution is 8.18. The summed E-state index contributed by atoms with van der Waals surface area (Å²) in [6.45, 7) is 2.63. The van der Waals surface area contributed by atoms with Crippen LogP contribution < -0.4 is 15.0 Å². The molecule has 3 amide bonds. The minimum Gasteiger partial charge on any atom is -0.488 e. The fourth-order valence-corrected chi connectivity index (χ4v) is 5.87. The second kappa shape index (κ2) is 12.5. The molecule has 9 heteroatoms. The first-order valence-corrected chi connectivity index (χ1v) is 14.5. The third-order valence-corrected chi connectivity index (χ3v) is 8.06. The zero-order valence-corrected chi connectivity index (χ0v) is 23.6. The van der Waals surface area contributed by atoms with Crippen LogP contribution in [0.3, 0.4) is 0 Å². The third-order valence-electron chi connectivity index (χ3n) is 7.15. The number of benzene rings is 4. The van der Waals surface area contributed by atoms with Crippen molar-refractivity contribution in [2.24, 2.45) is 0 Å². The van der Waals surface area contributed by atoms with Gasteiger partial charge in [0.25, 0.3) is 11.1 Å². The number of carbonyl (C=O) groups excluding carboxylic acids is 3. The molecule has 0 unspecified atom stereocenters. The van der Waals surface area contributed by atoms with Gasteiger partial charge >= 0.3 is 0 Å². The summed E-state index contributed by atoms with van der Waals surface area (Å²) < 4.78 is 11.6. The number of ether oxygens (including phenoxy) is 2. The van der Waals surface area contributed by atoms with Crippen molar-refractivity contribution in [3.8, 4) is 5.75 Å². The lowest BCUT2D eigenvalue weighted by molar-refractivity contribution is -0.127. The number of fused-ring (bicyclic) bond motifs is 1. The lowest BCUT2D eigenvalue weighted by Gasteiger charge is -2.30. The van der Waals surface area contributed by atoms with Crippen LogP contribution in [0.25, 0.3) is 16.8 Å². The minimum atomic E-state index is -0.511. The summed E-state index contributed by atoms with van der Waals surface area (Å²) in [5.74, 6) is -0.360. The molecule has 2 aliphatic heterocycles. The Morgan fingerprint density at radius 2 is 1.64 bits per heavy atom. The van der Waals surface area contributed by atoms with Crippen LogP contribution in [-0.4, -0.2) is 54.8 Å². The van der Waals surface area contributed by atoms with E-state index in [1.807, 2.05) is 91.0 Å². The highest BCUT2D eigenvalue weighted by Gasteiger charge is 2.36. The summed E-state index contributed by atoms with van der Waals surface area (Å²) in [5.41, 5.74) is 3.22. The van der Waals surface area contributed by atoms with Crippen LogP contribution in [0.5, 0.6) is 5.75 Å². The molecular weight excluding hydrogens is 550 g/mol. The van der Waals surface area contributed by atoms with Gasteiger partial charge < -0.3 is 19.7 Å². The molecule has 212 valence electrons. The van der Waals surface area contributed by atoms with E-state index in [2.05, 4.69) is 10.2 Å². The first-order chi connectivity index (χ1) is 20.6. The highest BCUT2D eigenvalue weighted by atomic mass is 32.2. The first kappa shape index (κ1) is 27.6. The number of morpholine rings is 1. The molecule has 6 rings (SSSR count). The Labute approximate surface area is 247 Å². The van der Waals surface area contributed by atoms with Gasteiger partial charge in [-0.15, -0.1) is 0 Å². The number of nitrogens with zero attached hydrogens (tertiary/aromatic N) is 2. The van der Waals surface area contributed by atoms with Gasteiger partial charge in [-0.2, -0.15) is 0 Å². The van der Waals surface area contributed by atoms with E-state index < -0.39 is 17.1 Å². The zero-order chi connectivity index (χ0) is 28.9. The van der Waals surface area contributed by atoms with E-state index in [0.29, 0.717) is 49.9 Å². The van der Waals surface area contributed by atoms with Crippen molar-refractivity contribution in [1.29, 1.82) is 0 Å². The monoisotopic (exact) mass is 579 g/mol. The maximum Gasteiger partial charge on any atom is 0.294 e. The van der Waals surface area contributed by atoms with Crippen molar-refractivity contribution in [2.45, 2.75) is 6.61 Å². The Balaban J connectivity index is 1.22. The van der Waals surface area contributed by atoms with E-state index >= 15 is 0 Å². The van der Waals surface area contributed by atoms with E-state index in [9.17, 15) is 14.4 Å².